The molecule has 8 nitrogen and oxygen atoms in total. The summed E-state index contributed by atoms with van der Waals surface area (Å²) in [4.78, 5) is 32.5. The molecule has 0 radical (unpaired) electrons. The molecule has 0 bridgehead atoms. The van der Waals surface area contributed by atoms with Gasteiger partial charge in [-0.25, -0.2) is 9.79 Å². The number of carbonyl (C=O) groups excluding carboxylic acids is 1. The second-order valence-corrected chi connectivity index (χ2v) is 12.0. The van der Waals surface area contributed by atoms with Crippen LogP contribution in [0.4, 0.5) is 0 Å². The minimum atomic E-state index is -0.802. The molecule has 0 N–H and O–H groups in total. The van der Waals surface area contributed by atoms with Gasteiger partial charge in [0.15, 0.2) is 4.80 Å². The largest absolute Gasteiger partial charge is 0.496 e. The van der Waals surface area contributed by atoms with Gasteiger partial charge >= 0.3 is 5.97 Å². The van der Waals surface area contributed by atoms with E-state index in [1.807, 2.05) is 54.6 Å². The highest BCUT2D eigenvalue weighted by atomic mass is 79.9. The van der Waals surface area contributed by atoms with Gasteiger partial charge in [0, 0.05) is 15.6 Å². The number of aromatic nitrogens is 1. The summed E-state index contributed by atoms with van der Waals surface area (Å²) >= 11 is 4.77. The van der Waals surface area contributed by atoms with E-state index in [9.17, 15) is 14.9 Å². The first-order chi connectivity index (χ1) is 20.7. The molecule has 0 unspecified atom stereocenters. The average molecular weight is 659 g/mol. The van der Waals surface area contributed by atoms with Crippen molar-refractivity contribution >= 4 is 39.3 Å². The number of nitriles is 1. The van der Waals surface area contributed by atoms with Crippen LogP contribution in [0.2, 0.25) is 0 Å². The minimum absolute atomic E-state index is 0.266. The van der Waals surface area contributed by atoms with Crippen LogP contribution in [0.1, 0.15) is 49.1 Å². The van der Waals surface area contributed by atoms with E-state index in [4.69, 9.17) is 14.2 Å². The molecule has 10 heteroatoms. The molecule has 0 saturated heterocycles. The fraction of sp³-hybridized carbons (Fsp3) is 0.212. The van der Waals surface area contributed by atoms with Crippen LogP contribution in [0.5, 0.6) is 11.5 Å². The Balaban J connectivity index is 1.54. The Morgan fingerprint density at radius 1 is 1.16 bits per heavy atom. The lowest BCUT2D eigenvalue weighted by Crippen LogP contribution is -2.40. The number of rotatable bonds is 8. The van der Waals surface area contributed by atoms with E-state index in [1.54, 1.807) is 46.1 Å². The summed E-state index contributed by atoms with van der Waals surface area (Å²) in [6.07, 6.45) is 1.44. The van der Waals surface area contributed by atoms with Gasteiger partial charge in [-0.2, -0.15) is 5.26 Å². The Kier molecular flexibility index (Phi) is 8.94. The smallest absolute Gasteiger partial charge is 0.338 e. The molecule has 218 valence electrons. The molecule has 0 fully saturated rings. The van der Waals surface area contributed by atoms with Crippen LogP contribution >= 0.6 is 27.3 Å². The van der Waals surface area contributed by atoms with Crippen molar-refractivity contribution in [1.82, 2.24) is 4.57 Å². The van der Waals surface area contributed by atoms with Crippen molar-refractivity contribution in [2.75, 3.05) is 7.11 Å². The van der Waals surface area contributed by atoms with Crippen molar-refractivity contribution in [2.24, 2.45) is 4.99 Å². The van der Waals surface area contributed by atoms with E-state index in [2.05, 4.69) is 27.0 Å². The van der Waals surface area contributed by atoms with E-state index in [-0.39, 0.29) is 23.8 Å². The van der Waals surface area contributed by atoms with Gasteiger partial charge in [-0.15, -0.1) is 0 Å². The predicted molar refractivity (Wildman–Crippen MR) is 168 cm³/mol. The monoisotopic (exact) mass is 657 g/mol. The van der Waals surface area contributed by atoms with Crippen molar-refractivity contribution in [3.63, 3.8) is 0 Å². The van der Waals surface area contributed by atoms with E-state index in [0.717, 1.165) is 15.6 Å². The van der Waals surface area contributed by atoms with Gasteiger partial charge in [0.05, 0.1) is 40.6 Å². The maximum atomic E-state index is 14.0. The third-order valence-corrected chi connectivity index (χ3v) is 8.26. The van der Waals surface area contributed by atoms with Gasteiger partial charge in [0.2, 0.25) is 0 Å². The normalized spacial score (nSPS) is 14.6. The van der Waals surface area contributed by atoms with Gasteiger partial charge in [-0.1, -0.05) is 57.6 Å². The zero-order valence-corrected chi connectivity index (χ0v) is 26.4. The van der Waals surface area contributed by atoms with Gasteiger partial charge in [-0.3, -0.25) is 9.36 Å². The van der Waals surface area contributed by atoms with Gasteiger partial charge in [-0.05, 0) is 68.8 Å². The number of carbonyl (C=O) groups is 1. The lowest BCUT2D eigenvalue weighted by molar-refractivity contribution is -0.143. The first-order valence-electron chi connectivity index (χ1n) is 13.5. The Hall–Kier alpha value is -4.46. The summed E-state index contributed by atoms with van der Waals surface area (Å²) < 4.78 is 19.9. The second-order valence-electron chi connectivity index (χ2n) is 10.0. The van der Waals surface area contributed by atoms with Crippen LogP contribution in [-0.4, -0.2) is 23.8 Å². The molecular formula is C33H28BrN3O5S. The zero-order chi connectivity index (χ0) is 30.7. The highest BCUT2D eigenvalue weighted by Gasteiger charge is 2.35. The minimum Gasteiger partial charge on any atom is -0.496 e. The van der Waals surface area contributed by atoms with Crippen LogP contribution < -0.4 is 24.4 Å². The molecule has 0 amide bonds. The van der Waals surface area contributed by atoms with Crippen LogP contribution in [0.15, 0.2) is 92.3 Å². The maximum Gasteiger partial charge on any atom is 0.338 e. The predicted octanol–water partition coefficient (Wildman–Crippen LogP) is 5.41. The molecule has 0 saturated carbocycles. The molecule has 1 atom stereocenters. The molecule has 1 aliphatic rings. The quantitative estimate of drug-likeness (QED) is 0.235. The Morgan fingerprint density at radius 3 is 2.60 bits per heavy atom. The van der Waals surface area contributed by atoms with E-state index in [0.29, 0.717) is 37.7 Å². The van der Waals surface area contributed by atoms with Crippen molar-refractivity contribution in [3.05, 3.63) is 124 Å². The summed E-state index contributed by atoms with van der Waals surface area (Å²) in [5.41, 5.74) is 3.28. The topological polar surface area (TPSA) is 103 Å². The van der Waals surface area contributed by atoms with Crippen molar-refractivity contribution in [2.45, 2.75) is 39.5 Å². The van der Waals surface area contributed by atoms with Crippen molar-refractivity contribution in [3.8, 4) is 17.6 Å². The summed E-state index contributed by atoms with van der Waals surface area (Å²) in [7, 11) is 1.55. The summed E-state index contributed by atoms with van der Waals surface area (Å²) in [5, 5.41) is 9.31. The molecule has 3 aromatic carbocycles. The summed E-state index contributed by atoms with van der Waals surface area (Å²) in [5.74, 6) is 0.628. The molecule has 1 aromatic heterocycles. The highest BCUT2D eigenvalue weighted by molar-refractivity contribution is 9.10. The number of thiazole rings is 1. The van der Waals surface area contributed by atoms with Gasteiger partial charge in [0.1, 0.15) is 24.1 Å². The summed E-state index contributed by atoms with van der Waals surface area (Å²) in [6.45, 7) is 5.57. The molecule has 2 heterocycles. The molecule has 43 heavy (non-hydrogen) atoms. The Labute approximate surface area is 260 Å². The zero-order valence-electron chi connectivity index (χ0n) is 24.0. The number of halogens is 1. The Bertz CT molecular complexity index is 1950. The van der Waals surface area contributed by atoms with E-state index >= 15 is 0 Å². The number of allylic oxidation sites excluding steroid dienone is 1. The fourth-order valence-electron chi connectivity index (χ4n) is 4.80. The number of hydrogen-bond acceptors (Lipinski definition) is 8. The molecule has 1 aliphatic heterocycles. The van der Waals surface area contributed by atoms with E-state index in [1.165, 1.54) is 15.9 Å². The molecule has 0 aliphatic carbocycles. The number of benzene rings is 3. The molecular weight excluding hydrogens is 630 g/mol. The maximum absolute atomic E-state index is 14.0. The van der Waals surface area contributed by atoms with Crippen LogP contribution in [-0.2, 0) is 16.1 Å². The van der Waals surface area contributed by atoms with Crippen LogP contribution in [0, 0.1) is 11.3 Å². The van der Waals surface area contributed by atoms with Crippen LogP contribution in [0.3, 0.4) is 0 Å². The number of ether oxygens (including phenoxy) is 3. The molecule has 5 rings (SSSR count). The van der Waals surface area contributed by atoms with Gasteiger partial charge < -0.3 is 14.2 Å². The summed E-state index contributed by atoms with van der Waals surface area (Å²) in [6, 6.07) is 21.5. The number of esters is 1. The van der Waals surface area contributed by atoms with Crippen molar-refractivity contribution in [1.29, 1.82) is 5.26 Å². The molecule has 0 spiro atoms. The SMILES string of the molecule is COc1ccc(Br)cc1[C@H]1C(C(=O)OC(C)C)=C(C)N=c2s/c(=C\c3ccc(OCc4ccccc4C#N)cc3)c(=O)n21. The molecule has 4 aromatic rings. The average Bonchev–Trinajstić information content (AvgIpc) is 3.29. The third kappa shape index (κ3) is 6.33. The lowest BCUT2D eigenvalue weighted by Gasteiger charge is -2.26. The van der Waals surface area contributed by atoms with Gasteiger partial charge in [0.25, 0.3) is 5.56 Å². The van der Waals surface area contributed by atoms with E-state index < -0.39 is 12.0 Å². The number of methoxy groups -OCH3 is 1. The number of nitrogens with zero attached hydrogens (tertiary/aromatic N) is 3. The highest BCUT2D eigenvalue weighted by Crippen LogP contribution is 2.37. The second kappa shape index (κ2) is 12.8. The first-order valence-corrected chi connectivity index (χ1v) is 15.1. The lowest BCUT2D eigenvalue weighted by atomic mass is 9.95. The van der Waals surface area contributed by atoms with Crippen molar-refractivity contribution < 1.29 is 19.0 Å². The Morgan fingerprint density at radius 2 is 1.91 bits per heavy atom. The first kappa shape index (κ1) is 30.0. The number of hydrogen-bond donors (Lipinski definition) is 0. The van der Waals surface area contributed by atoms with Crippen LogP contribution in [0.25, 0.3) is 6.08 Å². The number of fused-ring (bicyclic) bond motifs is 1. The fourth-order valence-corrected chi connectivity index (χ4v) is 6.23. The third-order valence-electron chi connectivity index (χ3n) is 6.78. The standard InChI is InChI=1S/C33H28BrN3O5S/c1-19(2)42-32(39)29-20(3)36-33-37(30(29)26-16-24(34)11-14-27(26)40-4)31(38)28(43-33)15-21-9-12-25(13-10-21)41-18-23-8-6-5-7-22(23)17-35/h5-16,19,30H,18H2,1-4H3/b28-15-/t30-/m0/s1.